The second-order valence-corrected chi connectivity index (χ2v) is 0. The molecule has 0 fully saturated rings. The van der Waals surface area contributed by atoms with E-state index in [1.54, 1.807) is 0 Å². The molecule has 0 atom stereocenters. The number of rotatable bonds is 0. The Hall–Kier alpha value is 1.11. The van der Waals surface area contributed by atoms with E-state index in [-0.39, 0.29) is 39.1 Å². The first-order chi connectivity index (χ1) is 1.00. The summed E-state index contributed by atoms with van der Waals surface area (Å²) in [6, 6.07) is 0. The first kappa shape index (κ1) is 19.4. The third-order valence-corrected chi connectivity index (χ3v) is 0. The zero-order valence-electron chi connectivity index (χ0n) is 1.62. The van der Waals surface area contributed by atoms with Gasteiger partial charge < -0.3 is 0 Å². The van der Waals surface area contributed by atoms with Gasteiger partial charge >= 0.3 is 12.4 Å². The second-order valence-electron chi connectivity index (χ2n) is 0. The Morgan fingerprint density at radius 2 is 1.25 bits per heavy atom. The fourth-order valence-corrected chi connectivity index (χ4v) is 0. The molecule has 0 bridgehead atoms. The molecule has 0 saturated heterocycles. The van der Waals surface area contributed by atoms with Crippen molar-refractivity contribution in [3.05, 3.63) is 0 Å². The molecule has 4 heteroatoms. The van der Waals surface area contributed by atoms with E-state index in [1.807, 2.05) is 7.72 Å². The van der Waals surface area contributed by atoms with Gasteiger partial charge in [-0.3, -0.25) is 0 Å². The number of hydrogen-bond donors (Lipinski definition) is 0. The van der Waals surface area contributed by atoms with Crippen molar-refractivity contribution in [3.63, 3.8) is 0 Å². The monoisotopic (exact) mass is 106 g/mol. The van der Waals surface area contributed by atoms with Crippen molar-refractivity contribution in [1.29, 1.82) is 0 Å². The zero-order chi connectivity index (χ0) is 2.00. The maximum atomic E-state index is 8.00. The van der Waals surface area contributed by atoms with Gasteiger partial charge in [-0.05, 0) is 0 Å². The molecule has 0 rings (SSSR count). The van der Waals surface area contributed by atoms with Crippen molar-refractivity contribution in [2.75, 3.05) is 0 Å². The molecule has 20 valence electrons. The van der Waals surface area contributed by atoms with Crippen molar-refractivity contribution >= 4 is 25.1 Å². The van der Waals surface area contributed by atoms with E-state index in [2.05, 4.69) is 0 Å². The summed E-state index contributed by atoms with van der Waals surface area (Å²) in [7, 11) is 2.00. The van der Waals surface area contributed by atoms with Gasteiger partial charge in [0, 0.05) is 21.7 Å². The van der Waals surface area contributed by atoms with Crippen LogP contribution in [0, 0.1) is 0 Å². The van der Waals surface area contributed by atoms with Crippen molar-refractivity contribution in [3.8, 4) is 0 Å². The van der Waals surface area contributed by atoms with Crippen LogP contribution in [-0.2, 0) is 26.4 Å². The summed E-state index contributed by atoms with van der Waals surface area (Å²) < 4.78 is 8.00. The molecule has 0 N–H and O–H groups in total. The van der Waals surface area contributed by atoms with Gasteiger partial charge in [0.05, 0.1) is 0 Å². The van der Waals surface area contributed by atoms with Crippen molar-refractivity contribution in [1.82, 2.24) is 0 Å². The summed E-state index contributed by atoms with van der Waals surface area (Å²) in [4.78, 5) is 0. The molecule has 0 saturated carbocycles. The summed E-state index contributed by atoms with van der Waals surface area (Å²) >= 11 is 0. The average Bonchev–Trinajstić information content (AvgIpc) is 1.00. The van der Waals surface area contributed by atoms with Crippen molar-refractivity contribution in [2.24, 2.45) is 0 Å². The minimum Gasteiger partial charge on any atom is 0 e. The van der Waals surface area contributed by atoms with Crippen LogP contribution in [0.5, 0.6) is 0 Å². The van der Waals surface area contributed by atoms with Gasteiger partial charge in [0.2, 0.25) is 0 Å². The largest absolute Gasteiger partial charge is 0.187 e. The first-order valence-electron chi connectivity index (χ1n) is 0.289. The summed E-state index contributed by atoms with van der Waals surface area (Å²) in [5.74, 6) is 0. The Balaban J connectivity index is -0.00000000500. The Labute approximate surface area is 51.6 Å². The molecule has 0 aliphatic rings. The third-order valence-electron chi connectivity index (χ3n) is 0. The zero-order valence-corrected chi connectivity index (χ0v) is 3.18. The summed E-state index contributed by atoms with van der Waals surface area (Å²) in [5, 5.41) is 0. The topological polar surface area (TPSA) is 17.1 Å². The average molecular weight is 106 g/mol. The molecule has 0 aromatic heterocycles. The molecule has 0 aromatic rings. The molecule has 0 aliphatic heterocycles. The Morgan fingerprint density at radius 3 is 1.25 bits per heavy atom. The Bertz CT molecular complexity index is 8.00. The van der Waals surface area contributed by atoms with Crippen LogP contribution in [0.25, 0.3) is 0 Å². The van der Waals surface area contributed by atoms with Gasteiger partial charge in [-0.2, -0.15) is 0 Å². The molecule has 0 amide bonds. The van der Waals surface area contributed by atoms with Gasteiger partial charge in [-0.1, -0.05) is 0 Å². The van der Waals surface area contributed by atoms with Crippen LogP contribution in [0.15, 0.2) is 0 Å². The van der Waals surface area contributed by atoms with E-state index in [0.717, 1.165) is 0 Å². The summed E-state index contributed by atoms with van der Waals surface area (Å²) in [5.41, 5.74) is 0. The SMILES string of the molecule is B=O.[AlH3].[Ti]. The maximum absolute atomic E-state index is 8.00. The molecular formula is H4AlBOTi. The fraction of sp³-hybridized carbons (Fsp3) is 0. The Morgan fingerprint density at radius 1 is 1.25 bits per heavy atom. The Kier molecular flexibility index (Phi) is 156. The van der Waals surface area contributed by atoms with Gasteiger partial charge in [-0.15, -0.1) is 0 Å². The van der Waals surface area contributed by atoms with Crippen LogP contribution in [-0.4, -0.2) is 25.1 Å². The molecule has 0 heterocycles. The predicted octanol–water partition coefficient (Wildman–Crippen LogP) is -1.95. The molecule has 0 aliphatic carbocycles. The molecule has 0 unspecified atom stereocenters. The van der Waals surface area contributed by atoms with E-state index >= 15 is 0 Å². The predicted molar refractivity (Wildman–Crippen MR) is 17.8 cm³/mol. The van der Waals surface area contributed by atoms with Gasteiger partial charge in [0.1, 0.15) is 0 Å². The van der Waals surface area contributed by atoms with Crippen molar-refractivity contribution < 1.29 is 26.4 Å². The van der Waals surface area contributed by atoms with E-state index in [0.29, 0.717) is 0 Å². The minimum absolute atomic E-state index is 0. The van der Waals surface area contributed by atoms with Crippen LogP contribution < -0.4 is 0 Å². The van der Waals surface area contributed by atoms with Gasteiger partial charge in [-0.25, -0.2) is 0 Å². The molecule has 4 heavy (non-hydrogen) atoms. The van der Waals surface area contributed by atoms with Crippen LogP contribution in [0.4, 0.5) is 0 Å². The molecule has 0 spiro atoms. The summed E-state index contributed by atoms with van der Waals surface area (Å²) in [6.45, 7) is 0. The van der Waals surface area contributed by atoms with E-state index < -0.39 is 0 Å². The van der Waals surface area contributed by atoms with Gasteiger partial charge in [0.15, 0.2) is 17.4 Å². The molecule has 0 aromatic carbocycles. The van der Waals surface area contributed by atoms with Crippen LogP contribution in [0.1, 0.15) is 0 Å². The van der Waals surface area contributed by atoms with E-state index in [4.69, 9.17) is 4.70 Å². The first-order valence-corrected chi connectivity index (χ1v) is 0.289. The fourth-order valence-electron chi connectivity index (χ4n) is 0. The standard InChI is InChI=1S/Al.BHO.Ti.3H/c;1-2;;;;/h;1H;;;;. The maximum Gasteiger partial charge on any atom is 0.187 e. The smallest absolute Gasteiger partial charge is 0 e. The van der Waals surface area contributed by atoms with Gasteiger partial charge in [0.25, 0.3) is 0 Å². The minimum atomic E-state index is 0. The normalized spacial score (nSPS) is 0.750. The van der Waals surface area contributed by atoms with Crippen LogP contribution in [0.3, 0.4) is 0 Å². The van der Waals surface area contributed by atoms with E-state index in [1.165, 1.54) is 0 Å². The van der Waals surface area contributed by atoms with Crippen LogP contribution in [0.2, 0.25) is 0 Å². The molecule has 1 nitrogen and oxygen atoms in total. The van der Waals surface area contributed by atoms with Crippen molar-refractivity contribution in [2.45, 2.75) is 0 Å². The third kappa shape index (κ3) is 11.2. The number of hydrogen-bond acceptors (Lipinski definition) is 1. The molecular weight excluding hydrogens is 102 g/mol. The van der Waals surface area contributed by atoms with Crippen LogP contribution >= 0.6 is 0 Å². The summed E-state index contributed by atoms with van der Waals surface area (Å²) in [6.07, 6.45) is 0. The second kappa shape index (κ2) is 32.2. The molecule has 0 radical (unpaired) electrons. The quantitative estimate of drug-likeness (QED) is 0.328. The van der Waals surface area contributed by atoms with E-state index in [9.17, 15) is 0 Å².